The zero-order valence-corrected chi connectivity index (χ0v) is 21.3. The van der Waals surface area contributed by atoms with Gasteiger partial charge < -0.3 is 20.5 Å². The molecule has 1 heterocycles. The predicted octanol–water partition coefficient (Wildman–Crippen LogP) is 2.29. The monoisotopic (exact) mass is 525 g/mol. The molecule has 1 aromatic heterocycles. The van der Waals surface area contributed by atoms with Crippen molar-refractivity contribution in [3.63, 3.8) is 0 Å². The van der Waals surface area contributed by atoms with Crippen LogP contribution in [0.15, 0.2) is 10.1 Å². The van der Waals surface area contributed by atoms with Gasteiger partial charge in [-0.15, -0.1) is 34.2 Å². The van der Waals surface area contributed by atoms with Gasteiger partial charge in [-0.25, -0.2) is 0 Å². The van der Waals surface area contributed by atoms with E-state index >= 15 is 0 Å². The molecule has 10 heteroatoms. The molecule has 28 heavy (non-hydrogen) atoms. The van der Waals surface area contributed by atoms with Crippen LogP contribution in [0.2, 0.25) is 0 Å². The maximum absolute atomic E-state index is 11.9. The lowest BCUT2D eigenvalue weighted by Gasteiger charge is -2.21. The number of guanidine groups is 1. The number of amides is 1. The molecule has 8 nitrogen and oxygen atoms in total. The van der Waals surface area contributed by atoms with E-state index in [-0.39, 0.29) is 42.0 Å². The van der Waals surface area contributed by atoms with E-state index in [4.69, 9.17) is 0 Å². The molecule has 0 aliphatic rings. The summed E-state index contributed by atoms with van der Waals surface area (Å²) in [5, 5.41) is 18.8. The summed E-state index contributed by atoms with van der Waals surface area (Å²) >= 11 is 1.63. The van der Waals surface area contributed by atoms with Gasteiger partial charge >= 0.3 is 0 Å². The molecule has 0 unspecified atom stereocenters. The molecular formula is C18H36IN7OS. The summed E-state index contributed by atoms with van der Waals surface area (Å²) in [6.07, 6.45) is 3.77. The number of thioether (sulfide) groups is 1. The molecule has 0 aliphatic heterocycles. The largest absolute Gasteiger partial charge is 0.356 e. The number of carbonyl (C=O) groups excluding carboxylic acids is 1. The van der Waals surface area contributed by atoms with E-state index in [0.29, 0.717) is 11.9 Å². The van der Waals surface area contributed by atoms with Crippen LogP contribution in [0, 0.1) is 5.92 Å². The first-order valence-corrected chi connectivity index (χ1v) is 10.6. The number of aliphatic imine (C=N–C) groups is 1. The Kier molecular flexibility index (Phi) is 12.7. The van der Waals surface area contributed by atoms with Crippen molar-refractivity contribution in [3.05, 3.63) is 5.82 Å². The van der Waals surface area contributed by atoms with Crippen molar-refractivity contribution in [2.75, 3.05) is 26.4 Å². The summed E-state index contributed by atoms with van der Waals surface area (Å²) < 4.78 is 2.21. The van der Waals surface area contributed by atoms with Gasteiger partial charge in [-0.05, 0) is 39.4 Å². The van der Waals surface area contributed by atoms with Gasteiger partial charge in [0.15, 0.2) is 11.1 Å². The van der Waals surface area contributed by atoms with Crippen molar-refractivity contribution in [2.24, 2.45) is 10.9 Å². The lowest BCUT2D eigenvalue weighted by molar-refractivity contribution is -0.121. The minimum Gasteiger partial charge on any atom is -0.356 e. The Morgan fingerprint density at radius 1 is 1.25 bits per heavy atom. The highest BCUT2D eigenvalue weighted by Gasteiger charge is 2.14. The van der Waals surface area contributed by atoms with Gasteiger partial charge in [0.05, 0.1) is 6.54 Å². The Hall–Kier alpha value is -1.04. The van der Waals surface area contributed by atoms with E-state index < -0.39 is 0 Å². The minimum absolute atomic E-state index is 0. The molecule has 0 aliphatic carbocycles. The minimum atomic E-state index is -0.239. The molecule has 0 saturated carbocycles. The molecule has 0 saturated heterocycles. The summed E-state index contributed by atoms with van der Waals surface area (Å²) in [6.45, 7) is 12.1. The van der Waals surface area contributed by atoms with Crippen molar-refractivity contribution >= 4 is 47.6 Å². The number of carbonyl (C=O) groups is 1. The number of halogens is 1. The van der Waals surface area contributed by atoms with Crippen molar-refractivity contribution in [1.29, 1.82) is 0 Å². The molecule has 0 bridgehead atoms. The highest BCUT2D eigenvalue weighted by molar-refractivity contribution is 14.0. The molecule has 3 N–H and O–H groups in total. The second kappa shape index (κ2) is 13.2. The summed E-state index contributed by atoms with van der Waals surface area (Å²) in [5.41, 5.74) is -0.239. The van der Waals surface area contributed by atoms with Gasteiger partial charge in [-0.2, -0.15) is 0 Å². The van der Waals surface area contributed by atoms with Crippen LogP contribution < -0.4 is 16.0 Å². The topological polar surface area (TPSA) is 96.2 Å². The number of rotatable bonds is 9. The lowest BCUT2D eigenvalue weighted by atomic mass is 10.1. The van der Waals surface area contributed by atoms with Crippen molar-refractivity contribution in [2.45, 2.75) is 64.7 Å². The molecule has 162 valence electrons. The van der Waals surface area contributed by atoms with Crippen LogP contribution in [-0.4, -0.2) is 58.6 Å². The molecule has 1 amide bonds. The van der Waals surface area contributed by atoms with Crippen LogP contribution in [0.1, 0.15) is 46.9 Å². The van der Waals surface area contributed by atoms with E-state index in [9.17, 15) is 4.79 Å². The number of aryl methyl sites for hydroxylation is 1. The molecule has 0 spiro atoms. The van der Waals surface area contributed by atoms with Crippen LogP contribution in [0.4, 0.5) is 0 Å². The Bertz CT molecular complexity index is 626. The molecular weight excluding hydrogens is 489 g/mol. The molecule has 0 radical (unpaired) electrons. The van der Waals surface area contributed by atoms with Crippen LogP contribution >= 0.6 is 35.7 Å². The first-order chi connectivity index (χ1) is 12.7. The second-order valence-electron chi connectivity index (χ2n) is 7.86. The third-order valence-electron chi connectivity index (χ3n) is 3.55. The Balaban J connectivity index is 0.00000729. The Morgan fingerprint density at radius 3 is 2.46 bits per heavy atom. The second-order valence-corrected chi connectivity index (χ2v) is 8.64. The van der Waals surface area contributed by atoms with Gasteiger partial charge in [0.25, 0.3) is 0 Å². The van der Waals surface area contributed by atoms with Crippen molar-refractivity contribution in [1.82, 2.24) is 30.7 Å². The zero-order valence-electron chi connectivity index (χ0n) is 18.1. The van der Waals surface area contributed by atoms with Crippen molar-refractivity contribution in [3.8, 4) is 0 Å². The smallest absolute Gasteiger partial charge is 0.239 e. The first kappa shape index (κ1) is 27.0. The highest BCUT2D eigenvalue weighted by Crippen LogP contribution is 2.16. The van der Waals surface area contributed by atoms with E-state index in [1.807, 2.05) is 27.0 Å². The quantitative estimate of drug-likeness (QED) is 0.151. The number of nitrogens with one attached hydrogen (secondary N) is 3. The normalized spacial score (nSPS) is 11.9. The summed E-state index contributed by atoms with van der Waals surface area (Å²) in [5.74, 6) is 2.12. The highest BCUT2D eigenvalue weighted by atomic mass is 127. The van der Waals surface area contributed by atoms with Crippen LogP contribution in [0.5, 0.6) is 0 Å². The number of nitrogens with zero attached hydrogens (tertiary/aromatic N) is 4. The van der Waals surface area contributed by atoms with Crippen LogP contribution in [0.3, 0.4) is 0 Å². The molecule has 1 aromatic rings. The maximum atomic E-state index is 11.9. The number of aromatic nitrogens is 3. The SMILES string of the molecule is CN=C(NCCCc1nnc(SC)n1CC(C)C)NCC(=O)NC(C)(C)C.I. The fourth-order valence-electron chi connectivity index (χ4n) is 2.50. The standard InChI is InChI=1S/C18H35N7OS.HI/c1-13(2)12-25-14(23-24-17(25)27-7)9-8-10-20-16(19-6)21-11-15(26)22-18(3,4)5;/h13H,8-12H2,1-7H3,(H,22,26)(H2,19,20,21);1H. The van der Waals surface area contributed by atoms with Gasteiger partial charge in [-0.1, -0.05) is 25.6 Å². The summed E-state index contributed by atoms with van der Waals surface area (Å²) in [7, 11) is 1.70. The lowest BCUT2D eigenvalue weighted by Crippen LogP contribution is -2.48. The third kappa shape index (κ3) is 10.5. The van der Waals surface area contributed by atoms with Gasteiger partial charge in [-0.3, -0.25) is 9.79 Å². The average Bonchev–Trinajstić information content (AvgIpc) is 2.93. The van der Waals surface area contributed by atoms with E-state index in [1.54, 1.807) is 18.8 Å². The Labute approximate surface area is 190 Å². The fraction of sp³-hybridized carbons (Fsp3) is 0.778. The Morgan fingerprint density at radius 2 is 1.93 bits per heavy atom. The van der Waals surface area contributed by atoms with Gasteiger partial charge in [0.2, 0.25) is 5.91 Å². The number of hydrogen-bond acceptors (Lipinski definition) is 5. The van der Waals surface area contributed by atoms with Crippen molar-refractivity contribution < 1.29 is 4.79 Å². The molecule has 1 rings (SSSR count). The summed E-state index contributed by atoms with van der Waals surface area (Å²) in [4.78, 5) is 16.0. The molecule has 0 aromatic carbocycles. The third-order valence-corrected chi connectivity index (χ3v) is 4.21. The fourth-order valence-corrected chi connectivity index (χ4v) is 3.03. The van der Waals surface area contributed by atoms with E-state index in [1.165, 1.54) is 0 Å². The van der Waals surface area contributed by atoms with Crippen LogP contribution in [-0.2, 0) is 17.8 Å². The van der Waals surface area contributed by atoms with E-state index in [2.05, 4.69) is 49.6 Å². The average molecular weight is 526 g/mol. The first-order valence-electron chi connectivity index (χ1n) is 9.38. The van der Waals surface area contributed by atoms with E-state index in [0.717, 1.165) is 36.9 Å². The molecule has 0 fully saturated rings. The molecule has 0 atom stereocenters. The summed E-state index contributed by atoms with van der Waals surface area (Å²) in [6, 6.07) is 0. The predicted molar refractivity (Wildman–Crippen MR) is 128 cm³/mol. The van der Waals surface area contributed by atoms with Gasteiger partial charge in [0.1, 0.15) is 5.82 Å². The van der Waals surface area contributed by atoms with Gasteiger partial charge in [0, 0.05) is 32.1 Å². The number of hydrogen-bond donors (Lipinski definition) is 3. The zero-order chi connectivity index (χ0) is 20.4. The van der Waals surface area contributed by atoms with Crippen LogP contribution in [0.25, 0.3) is 0 Å². The maximum Gasteiger partial charge on any atom is 0.239 e.